The molecule has 0 radical (unpaired) electrons. The second kappa shape index (κ2) is 10.2. The molecule has 0 spiro atoms. The molecular weight excluding hydrogens is 439 g/mol. The van der Waals surface area contributed by atoms with E-state index in [4.69, 9.17) is 10.5 Å². The van der Waals surface area contributed by atoms with Crippen molar-refractivity contribution in [2.24, 2.45) is 10.2 Å². The molecule has 1 aromatic heterocycles. The Bertz CT molecular complexity index is 1380. The van der Waals surface area contributed by atoms with Crippen molar-refractivity contribution < 1.29 is 17.7 Å². The molecule has 0 bridgehead atoms. The average molecular weight is 458 g/mol. The Morgan fingerprint density at radius 3 is 2.34 bits per heavy atom. The quantitative estimate of drug-likeness (QED) is 0.191. The van der Waals surface area contributed by atoms with Gasteiger partial charge < -0.3 is 10.5 Å². The minimum atomic E-state index is -4.49. The van der Waals surface area contributed by atoms with Crippen molar-refractivity contribution in [1.82, 2.24) is 4.98 Å². The number of fused-ring (bicyclic) bond motifs is 1. The molecule has 4 aromatic rings. The summed E-state index contributed by atoms with van der Waals surface area (Å²) < 4.78 is 39.2. The molecule has 4 rings (SSSR count). The van der Waals surface area contributed by atoms with E-state index in [1.165, 1.54) is 6.07 Å². The predicted octanol–water partition coefficient (Wildman–Crippen LogP) is 4.41. The third-order valence-corrected chi connectivity index (χ3v) is 5.45. The van der Waals surface area contributed by atoms with E-state index in [2.05, 4.69) is 15.2 Å². The second-order valence-corrected chi connectivity index (χ2v) is 8.04. The number of nitrogens with two attached hydrogens (primary N) is 1. The van der Waals surface area contributed by atoms with Crippen LogP contribution in [0.25, 0.3) is 10.8 Å². The number of rotatable bonds is 6. The standard InChI is InChI=1S/C22H18N4O4S.Na.H/c23-22-17-8-2-1-7-16(17)21(31(27,28)29)12-19(22)26-25-18-9-3-4-10-20(18)30-14-15-6-5-11-24-13-15;;/h1-13H,14,23H2,(H,27,28,29);;. The van der Waals surface area contributed by atoms with Gasteiger partial charge in [-0.05, 0) is 24.3 Å². The van der Waals surface area contributed by atoms with Gasteiger partial charge in [0.1, 0.15) is 28.6 Å². The molecular formula is C22H19N4NaO4S. The van der Waals surface area contributed by atoms with Gasteiger partial charge in [-0.2, -0.15) is 8.42 Å². The number of pyridine rings is 1. The van der Waals surface area contributed by atoms with E-state index in [1.807, 2.05) is 12.1 Å². The van der Waals surface area contributed by atoms with Crippen molar-refractivity contribution >= 4 is 67.5 Å². The summed E-state index contributed by atoms with van der Waals surface area (Å²) in [5.74, 6) is 0.490. The summed E-state index contributed by atoms with van der Waals surface area (Å²) in [4.78, 5) is 3.77. The number of azo groups is 1. The van der Waals surface area contributed by atoms with Crippen molar-refractivity contribution in [3.63, 3.8) is 0 Å². The molecule has 10 heteroatoms. The van der Waals surface area contributed by atoms with Crippen molar-refractivity contribution in [2.75, 3.05) is 5.73 Å². The number of hydrogen-bond donors (Lipinski definition) is 2. The first kappa shape index (κ1) is 23.8. The average Bonchev–Trinajstić information content (AvgIpc) is 2.78. The van der Waals surface area contributed by atoms with Gasteiger partial charge in [-0.15, -0.1) is 10.2 Å². The van der Waals surface area contributed by atoms with Crippen LogP contribution in [0.5, 0.6) is 5.75 Å². The first-order valence-electron chi connectivity index (χ1n) is 9.24. The summed E-state index contributed by atoms with van der Waals surface area (Å²) in [7, 11) is -4.49. The summed E-state index contributed by atoms with van der Waals surface area (Å²) in [5, 5.41) is 9.11. The molecule has 0 aliphatic rings. The Morgan fingerprint density at radius 1 is 0.938 bits per heavy atom. The molecule has 8 nitrogen and oxygen atoms in total. The number of hydrogen-bond acceptors (Lipinski definition) is 7. The summed E-state index contributed by atoms with van der Waals surface area (Å²) in [6.07, 6.45) is 3.39. The van der Waals surface area contributed by atoms with Crippen molar-refractivity contribution in [2.45, 2.75) is 11.5 Å². The van der Waals surface area contributed by atoms with Crippen molar-refractivity contribution in [1.29, 1.82) is 0 Å². The molecule has 0 amide bonds. The van der Waals surface area contributed by atoms with Gasteiger partial charge in [0.2, 0.25) is 0 Å². The number of nitrogens with zero attached hydrogens (tertiary/aromatic N) is 3. The van der Waals surface area contributed by atoms with Gasteiger partial charge in [-0.25, -0.2) is 0 Å². The van der Waals surface area contributed by atoms with Crippen LogP contribution < -0.4 is 10.5 Å². The van der Waals surface area contributed by atoms with Crippen LogP contribution in [0.1, 0.15) is 5.56 Å². The SMILES string of the molecule is Nc1c(N=Nc2ccccc2OCc2cccnc2)cc(S(=O)(=O)O)c2ccccc12.[NaH]. The normalized spacial score (nSPS) is 11.4. The summed E-state index contributed by atoms with van der Waals surface area (Å²) in [6.45, 7) is 0.297. The van der Waals surface area contributed by atoms with E-state index in [9.17, 15) is 13.0 Å². The fourth-order valence-electron chi connectivity index (χ4n) is 3.06. The summed E-state index contributed by atoms with van der Waals surface area (Å²) in [6, 6.07) is 18.6. The zero-order valence-electron chi connectivity index (χ0n) is 16.2. The number of para-hydroxylation sites is 1. The first-order valence-corrected chi connectivity index (χ1v) is 10.7. The zero-order valence-corrected chi connectivity index (χ0v) is 17.0. The Kier molecular flexibility index (Phi) is 7.60. The molecule has 158 valence electrons. The molecule has 0 saturated carbocycles. The van der Waals surface area contributed by atoms with Gasteiger partial charge in [-0.3, -0.25) is 9.54 Å². The van der Waals surface area contributed by atoms with Crippen LogP contribution in [0.4, 0.5) is 17.1 Å². The molecule has 0 atom stereocenters. The van der Waals surface area contributed by atoms with Crippen molar-refractivity contribution in [3.05, 3.63) is 84.7 Å². The monoisotopic (exact) mass is 458 g/mol. The summed E-state index contributed by atoms with van der Waals surface area (Å²) in [5.41, 5.74) is 7.90. The minimum absolute atomic E-state index is 0. The first-order chi connectivity index (χ1) is 14.9. The summed E-state index contributed by atoms with van der Waals surface area (Å²) >= 11 is 0. The van der Waals surface area contributed by atoms with Crippen LogP contribution in [0, 0.1) is 0 Å². The molecule has 0 unspecified atom stereocenters. The van der Waals surface area contributed by atoms with Gasteiger partial charge in [0.25, 0.3) is 10.1 Å². The third kappa shape index (κ3) is 5.32. The van der Waals surface area contributed by atoms with Gasteiger partial charge in [0.15, 0.2) is 0 Å². The van der Waals surface area contributed by atoms with E-state index in [0.29, 0.717) is 28.8 Å². The van der Waals surface area contributed by atoms with Gasteiger partial charge >= 0.3 is 29.6 Å². The number of nitrogen functional groups attached to an aromatic ring is 1. The molecule has 0 aliphatic carbocycles. The number of benzene rings is 3. The van der Waals surface area contributed by atoms with Gasteiger partial charge in [0, 0.05) is 28.7 Å². The van der Waals surface area contributed by atoms with E-state index < -0.39 is 10.1 Å². The maximum absolute atomic E-state index is 11.9. The Balaban J connectivity index is 0.00000289. The van der Waals surface area contributed by atoms with Gasteiger partial charge in [-0.1, -0.05) is 42.5 Å². The number of aromatic nitrogens is 1. The Labute approximate surface area is 207 Å². The maximum atomic E-state index is 11.9. The van der Waals surface area contributed by atoms with Crippen molar-refractivity contribution in [3.8, 4) is 5.75 Å². The van der Waals surface area contributed by atoms with Crippen LogP contribution in [0.15, 0.2) is 94.2 Å². The molecule has 1 heterocycles. The third-order valence-electron chi connectivity index (χ3n) is 4.55. The Hall–Kier alpha value is -2.82. The molecule has 3 aromatic carbocycles. The van der Waals surface area contributed by atoms with Crippen LogP contribution in [-0.4, -0.2) is 47.5 Å². The molecule has 32 heavy (non-hydrogen) atoms. The van der Waals surface area contributed by atoms with Gasteiger partial charge in [0.05, 0.1) is 5.69 Å². The van der Waals surface area contributed by atoms with Crippen LogP contribution in [0.2, 0.25) is 0 Å². The van der Waals surface area contributed by atoms with E-state index >= 15 is 0 Å². The Morgan fingerprint density at radius 2 is 1.62 bits per heavy atom. The van der Waals surface area contributed by atoms with Crippen LogP contribution in [0.3, 0.4) is 0 Å². The molecule has 3 N–H and O–H groups in total. The number of ether oxygens (including phenoxy) is 1. The van der Waals surface area contributed by atoms with Crippen LogP contribution >= 0.6 is 0 Å². The molecule has 0 aliphatic heterocycles. The second-order valence-electron chi connectivity index (χ2n) is 6.65. The van der Waals surface area contributed by atoms with Crippen LogP contribution in [-0.2, 0) is 16.7 Å². The van der Waals surface area contributed by atoms with E-state index in [-0.39, 0.29) is 45.8 Å². The zero-order chi connectivity index (χ0) is 21.8. The topological polar surface area (TPSA) is 127 Å². The fraction of sp³-hybridized carbons (Fsp3) is 0.0455. The predicted molar refractivity (Wildman–Crippen MR) is 125 cm³/mol. The van der Waals surface area contributed by atoms with E-state index in [1.54, 1.807) is 60.9 Å². The number of anilines is 1. The molecule has 0 fully saturated rings. The van der Waals surface area contributed by atoms with E-state index in [0.717, 1.165) is 5.56 Å². The fourth-order valence-corrected chi connectivity index (χ4v) is 3.78. The molecule has 0 saturated heterocycles.